The minimum absolute atomic E-state index is 0.0209. The zero-order chi connectivity index (χ0) is 12.4. The molecule has 17 heavy (non-hydrogen) atoms. The maximum atomic E-state index is 9.92. The van der Waals surface area contributed by atoms with E-state index in [0.29, 0.717) is 11.8 Å². The standard InChI is InChI=1S/C15H22O2/c1-3-4-5-11-9-13-12(8-10(11)2)6-7-14(16)15(13)17/h6-7,10-11,16-17H,3-5,8-9H2,1-2H3/t10-,11-/m1/s1. The molecular weight excluding hydrogens is 212 g/mol. The number of rotatable bonds is 3. The number of fused-ring (bicyclic) bond motifs is 1. The minimum atomic E-state index is 0.0209. The number of hydrogen-bond acceptors (Lipinski definition) is 2. The van der Waals surface area contributed by atoms with Crippen LogP contribution in [0.5, 0.6) is 11.5 Å². The smallest absolute Gasteiger partial charge is 0.160 e. The van der Waals surface area contributed by atoms with E-state index in [4.69, 9.17) is 0 Å². The average Bonchev–Trinajstić information content (AvgIpc) is 2.32. The molecular formula is C15H22O2. The summed E-state index contributed by atoms with van der Waals surface area (Å²) in [6.45, 7) is 4.51. The van der Waals surface area contributed by atoms with Gasteiger partial charge in [-0.15, -0.1) is 0 Å². The average molecular weight is 234 g/mol. The van der Waals surface area contributed by atoms with Crippen LogP contribution in [0, 0.1) is 11.8 Å². The highest BCUT2D eigenvalue weighted by atomic mass is 16.3. The third-order valence-corrected chi connectivity index (χ3v) is 4.10. The maximum Gasteiger partial charge on any atom is 0.160 e. The van der Waals surface area contributed by atoms with Crippen LogP contribution in [0.2, 0.25) is 0 Å². The van der Waals surface area contributed by atoms with E-state index in [1.807, 2.05) is 6.07 Å². The first-order chi connectivity index (χ1) is 8.13. The van der Waals surface area contributed by atoms with Gasteiger partial charge in [0.1, 0.15) is 0 Å². The molecule has 1 aliphatic carbocycles. The zero-order valence-corrected chi connectivity index (χ0v) is 10.7. The van der Waals surface area contributed by atoms with Crippen LogP contribution in [0.3, 0.4) is 0 Å². The number of phenolic OH excluding ortho intramolecular Hbond substituents is 2. The van der Waals surface area contributed by atoms with Crippen molar-refractivity contribution in [3.63, 3.8) is 0 Å². The molecule has 94 valence electrons. The van der Waals surface area contributed by atoms with Gasteiger partial charge in [-0.2, -0.15) is 0 Å². The Bertz CT molecular complexity index is 398. The Morgan fingerprint density at radius 3 is 2.71 bits per heavy atom. The van der Waals surface area contributed by atoms with Crippen LogP contribution in [-0.2, 0) is 12.8 Å². The Morgan fingerprint density at radius 1 is 1.24 bits per heavy atom. The molecule has 2 N–H and O–H groups in total. The van der Waals surface area contributed by atoms with Gasteiger partial charge in [0, 0.05) is 5.56 Å². The molecule has 0 spiro atoms. The maximum absolute atomic E-state index is 9.92. The van der Waals surface area contributed by atoms with Crippen molar-refractivity contribution in [2.75, 3.05) is 0 Å². The van der Waals surface area contributed by atoms with Gasteiger partial charge in [-0.25, -0.2) is 0 Å². The van der Waals surface area contributed by atoms with Gasteiger partial charge in [0.15, 0.2) is 11.5 Å². The van der Waals surface area contributed by atoms with Crippen molar-refractivity contribution in [1.29, 1.82) is 0 Å². The van der Waals surface area contributed by atoms with Crippen LogP contribution < -0.4 is 0 Å². The van der Waals surface area contributed by atoms with E-state index in [9.17, 15) is 10.2 Å². The molecule has 1 aromatic carbocycles. The molecule has 0 unspecified atom stereocenters. The third kappa shape index (κ3) is 2.41. The van der Waals surface area contributed by atoms with Crippen LogP contribution >= 0.6 is 0 Å². The molecule has 0 aromatic heterocycles. The van der Waals surface area contributed by atoms with Crippen molar-refractivity contribution in [3.05, 3.63) is 23.3 Å². The lowest BCUT2D eigenvalue weighted by molar-refractivity contribution is 0.297. The fourth-order valence-corrected chi connectivity index (χ4v) is 2.91. The third-order valence-electron chi connectivity index (χ3n) is 4.10. The molecule has 0 bridgehead atoms. The highest BCUT2D eigenvalue weighted by Crippen LogP contribution is 2.40. The minimum Gasteiger partial charge on any atom is -0.504 e. The molecule has 2 heteroatoms. The quantitative estimate of drug-likeness (QED) is 0.784. The zero-order valence-electron chi connectivity index (χ0n) is 10.7. The highest BCUT2D eigenvalue weighted by Gasteiger charge is 2.27. The molecule has 0 heterocycles. The monoisotopic (exact) mass is 234 g/mol. The van der Waals surface area contributed by atoms with Crippen molar-refractivity contribution in [3.8, 4) is 11.5 Å². The summed E-state index contributed by atoms with van der Waals surface area (Å²) in [7, 11) is 0. The summed E-state index contributed by atoms with van der Waals surface area (Å²) < 4.78 is 0. The second-order valence-electron chi connectivity index (χ2n) is 5.36. The predicted octanol–water partition coefficient (Wildman–Crippen LogP) is 3.64. The predicted molar refractivity (Wildman–Crippen MR) is 69.4 cm³/mol. The van der Waals surface area contributed by atoms with E-state index >= 15 is 0 Å². The fraction of sp³-hybridized carbons (Fsp3) is 0.600. The fourth-order valence-electron chi connectivity index (χ4n) is 2.91. The molecule has 0 fully saturated rings. The van der Waals surface area contributed by atoms with Crippen molar-refractivity contribution >= 4 is 0 Å². The summed E-state index contributed by atoms with van der Waals surface area (Å²) in [6, 6.07) is 3.56. The Kier molecular flexibility index (Phi) is 3.60. The Balaban J connectivity index is 2.23. The second kappa shape index (κ2) is 4.99. The van der Waals surface area contributed by atoms with Gasteiger partial charge in [0.25, 0.3) is 0 Å². The van der Waals surface area contributed by atoms with Gasteiger partial charge < -0.3 is 10.2 Å². The van der Waals surface area contributed by atoms with Gasteiger partial charge in [0.2, 0.25) is 0 Å². The topological polar surface area (TPSA) is 40.5 Å². The molecule has 2 nitrogen and oxygen atoms in total. The number of phenols is 2. The van der Waals surface area contributed by atoms with Crippen LogP contribution in [0.25, 0.3) is 0 Å². The van der Waals surface area contributed by atoms with Crippen molar-refractivity contribution in [1.82, 2.24) is 0 Å². The first-order valence-electron chi connectivity index (χ1n) is 6.66. The van der Waals surface area contributed by atoms with Gasteiger partial charge >= 0.3 is 0 Å². The van der Waals surface area contributed by atoms with Crippen LogP contribution in [0.1, 0.15) is 44.2 Å². The lowest BCUT2D eigenvalue weighted by Gasteiger charge is -2.31. The summed E-state index contributed by atoms with van der Waals surface area (Å²) in [4.78, 5) is 0. The second-order valence-corrected chi connectivity index (χ2v) is 5.36. The number of unbranched alkanes of at least 4 members (excludes halogenated alkanes) is 1. The highest BCUT2D eigenvalue weighted by molar-refractivity contribution is 5.50. The van der Waals surface area contributed by atoms with Gasteiger partial charge in [-0.3, -0.25) is 0 Å². The molecule has 0 aliphatic heterocycles. The Labute approximate surface area is 103 Å². The van der Waals surface area contributed by atoms with Crippen molar-refractivity contribution in [2.45, 2.75) is 46.0 Å². The van der Waals surface area contributed by atoms with E-state index in [-0.39, 0.29) is 11.5 Å². The van der Waals surface area contributed by atoms with Crippen molar-refractivity contribution in [2.24, 2.45) is 11.8 Å². The molecule has 1 aromatic rings. The van der Waals surface area contributed by atoms with Gasteiger partial charge in [-0.05, 0) is 42.7 Å². The molecule has 0 amide bonds. The summed E-state index contributed by atoms with van der Waals surface area (Å²) in [6.07, 6.45) is 5.65. The molecule has 1 aliphatic rings. The van der Waals surface area contributed by atoms with E-state index in [2.05, 4.69) is 13.8 Å². The van der Waals surface area contributed by atoms with Gasteiger partial charge in [-0.1, -0.05) is 32.8 Å². The SMILES string of the molecule is CCCC[C@@H]1Cc2c(ccc(O)c2O)C[C@H]1C. The Hall–Kier alpha value is -1.18. The number of aromatic hydroxyl groups is 2. The number of hydrogen-bond donors (Lipinski definition) is 2. The van der Waals surface area contributed by atoms with Crippen LogP contribution in [-0.4, -0.2) is 10.2 Å². The van der Waals surface area contributed by atoms with Crippen LogP contribution in [0.15, 0.2) is 12.1 Å². The van der Waals surface area contributed by atoms with E-state index in [1.54, 1.807) is 6.07 Å². The molecule has 0 saturated carbocycles. The molecule has 0 saturated heterocycles. The van der Waals surface area contributed by atoms with E-state index < -0.39 is 0 Å². The first kappa shape index (κ1) is 12.3. The summed E-state index contributed by atoms with van der Waals surface area (Å²) in [5.41, 5.74) is 2.18. The van der Waals surface area contributed by atoms with E-state index in [1.165, 1.54) is 24.8 Å². The van der Waals surface area contributed by atoms with E-state index in [0.717, 1.165) is 18.4 Å². The van der Waals surface area contributed by atoms with Crippen molar-refractivity contribution < 1.29 is 10.2 Å². The first-order valence-corrected chi connectivity index (χ1v) is 6.66. The molecule has 0 radical (unpaired) electrons. The lowest BCUT2D eigenvalue weighted by atomic mass is 9.74. The molecule has 2 atom stereocenters. The van der Waals surface area contributed by atoms with Crippen LogP contribution in [0.4, 0.5) is 0 Å². The normalized spacial score (nSPS) is 23.4. The number of benzene rings is 1. The summed E-state index contributed by atoms with van der Waals surface area (Å²) >= 11 is 0. The molecule has 2 rings (SSSR count). The lowest BCUT2D eigenvalue weighted by Crippen LogP contribution is -2.23. The Morgan fingerprint density at radius 2 is 2.00 bits per heavy atom. The summed E-state index contributed by atoms with van der Waals surface area (Å²) in [5, 5.41) is 19.5. The van der Waals surface area contributed by atoms with Gasteiger partial charge in [0.05, 0.1) is 0 Å². The largest absolute Gasteiger partial charge is 0.504 e. The summed E-state index contributed by atoms with van der Waals surface area (Å²) in [5.74, 6) is 1.46.